The van der Waals surface area contributed by atoms with E-state index in [1.54, 1.807) is 0 Å². The SMILES string of the molecule is O=C(NCCC1=CCCCC1)NC1(c2ccc3c(c2)OCCO3)CC1. The van der Waals surface area contributed by atoms with E-state index in [1.807, 2.05) is 18.2 Å². The van der Waals surface area contributed by atoms with Gasteiger partial charge in [0.1, 0.15) is 13.2 Å². The third-order valence-corrected chi connectivity index (χ3v) is 5.31. The van der Waals surface area contributed by atoms with Crippen LogP contribution in [-0.2, 0) is 5.54 Å². The average Bonchev–Trinajstić information content (AvgIpc) is 3.43. The lowest BCUT2D eigenvalue weighted by atomic mass is 9.97. The van der Waals surface area contributed by atoms with Gasteiger partial charge in [-0.3, -0.25) is 0 Å². The first-order chi connectivity index (χ1) is 12.3. The van der Waals surface area contributed by atoms with Gasteiger partial charge in [-0.2, -0.15) is 0 Å². The first-order valence-electron chi connectivity index (χ1n) is 9.39. The number of fused-ring (bicyclic) bond motifs is 1. The maximum atomic E-state index is 12.3. The standard InChI is InChI=1S/C20H26N2O3/c23-19(21-11-8-15-4-2-1-3-5-15)22-20(9-10-20)16-6-7-17-18(14-16)25-13-12-24-17/h4,6-7,14H,1-3,5,8-13H2,(H2,21,22,23). The van der Waals surface area contributed by atoms with Crippen molar-refractivity contribution in [3.63, 3.8) is 0 Å². The lowest BCUT2D eigenvalue weighted by Gasteiger charge is -2.23. The molecule has 0 bridgehead atoms. The summed E-state index contributed by atoms with van der Waals surface area (Å²) in [5, 5.41) is 6.17. The largest absolute Gasteiger partial charge is 0.486 e. The molecule has 134 valence electrons. The molecule has 5 heteroatoms. The number of carbonyl (C=O) groups is 1. The van der Waals surface area contributed by atoms with E-state index in [4.69, 9.17) is 9.47 Å². The van der Waals surface area contributed by atoms with Crippen molar-refractivity contribution in [2.24, 2.45) is 0 Å². The van der Waals surface area contributed by atoms with E-state index in [0.717, 1.165) is 36.3 Å². The monoisotopic (exact) mass is 342 g/mol. The summed E-state index contributed by atoms with van der Waals surface area (Å²) in [6.07, 6.45) is 10.2. The van der Waals surface area contributed by atoms with Gasteiger partial charge in [-0.15, -0.1) is 0 Å². The van der Waals surface area contributed by atoms with E-state index in [1.165, 1.54) is 31.3 Å². The Morgan fingerprint density at radius 1 is 1.12 bits per heavy atom. The molecule has 0 radical (unpaired) electrons. The molecule has 1 saturated carbocycles. The number of benzene rings is 1. The van der Waals surface area contributed by atoms with Gasteiger partial charge in [0.05, 0.1) is 5.54 Å². The van der Waals surface area contributed by atoms with E-state index < -0.39 is 0 Å². The van der Waals surface area contributed by atoms with Gasteiger partial charge in [0.25, 0.3) is 0 Å². The Hall–Kier alpha value is -2.17. The van der Waals surface area contributed by atoms with E-state index in [0.29, 0.717) is 19.8 Å². The van der Waals surface area contributed by atoms with Crippen LogP contribution in [0, 0.1) is 0 Å². The Kier molecular flexibility index (Phi) is 4.55. The number of allylic oxidation sites excluding steroid dienone is 1. The van der Waals surface area contributed by atoms with Gasteiger partial charge in [-0.1, -0.05) is 17.7 Å². The summed E-state index contributed by atoms with van der Waals surface area (Å²) in [5.74, 6) is 1.57. The zero-order chi connectivity index (χ0) is 17.1. The molecule has 1 aromatic rings. The van der Waals surface area contributed by atoms with Gasteiger partial charge in [0.2, 0.25) is 0 Å². The van der Waals surface area contributed by atoms with E-state index >= 15 is 0 Å². The van der Waals surface area contributed by atoms with Crippen LogP contribution in [0.4, 0.5) is 4.79 Å². The highest BCUT2D eigenvalue weighted by atomic mass is 16.6. The summed E-state index contributed by atoms with van der Waals surface area (Å²) in [4.78, 5) is 12.3. The summed E-state index contributed by atoms with van der Waals surface area (Å²) >= 11 is 0. The normalized spacial score (nSPS) is 20.4. The number of carbonyl (C=O) groups excluding carboxylic acids is 1. The molecule has 25 heavy (non-hydrogen) atoms. The highest BCUT2D eigenvalue weighted by molar-refractivity contribution is 5.75. The number of ether oxygens (including phenoxy) is 2. The molecule has 0 spiro atoms. The Labute approximate surface area is 148 Å². The lowest BCUT2D eigenvalue weighted by Crippen LogP contribution is -2.42. The van der Waals surface area contributed by atoms with E-state index in [9.17, 15) is 4.79 Å². The minimum absolute atomic E-state index is 0.0798. The van der Waals surface area contributed by atoms with Crippen molar-refractivity contribution in [2.75, 3.05) is 19.8 Å². The third kappa shape index (κ3) is 3.75. The Balaban J connectivity index is 1.32. The fraction of sp³-hybridized carbons (Fsp3) is 0.550. The Morgan fingerprint density at radius 2 is 1.96 bits per heavy atom. The maximum absolute atomic E-state index is 12.3. The predicted octanol–water partition coefficient (Wildman–Crippen LogP) is 3.64. The van der Waals surface area contributed by atoms with E-state index in [2.05, 4.69) is 16.7 Å². The fourth-order valence-electron chi connectivity index (χ4n) is 3.68. The number of hydrogen-bond acceptors (Lipinski definition) is 3. The summed E-state index contributed by atoms with van der Waals surface area (Å²) in [5.41, 5.74) is 2.34. The van der Waals surface area contributed by atoms with Gasteiger partial charge < -0.3 is 20.1 Å². The highest BCUT2D eigenvalue weighted by Crippen LogP contribution is 2.47. The van der Waals surface area contributed by atoms with Crippen molar-refractivity contribution >= 4 is 6.03 Å². The minimum atomic E-state index is -0.246. The van der Waals surface area contributed by atoms with Crippen LogP contribution in [-0.4, -0.2) is 25.8 Å². The summed E-state index contributed by atoms with van der Waals surface area (Å²) in [6, 6.07) is 5.91. The van der Waals surface area contributed by atoms with Crippen LogP contribution in [0.5, 0.6) is 11.5 Å². The van der Waals surface area contributed by atoms with Crippen molar-refractivity contribution in [1.82, 2.24) is 10.6 Å². The van der Waals surface area contributed by atoms with Crippen LogP contribution in [0.3, 0.4) is 0 Å². The second-order valence-corrected chi connectivity index (χ2v) is 7.18. The molecular weight excluding hydrogens is 316 g/mol. The third-order valence-electron chi connectivity index (χ3n) is 5.31. The van der Waals surface area contributed by atoms with Crippen LogP contribution < -0.4 is 20.1 Å². The molecule has 0 atom stereocenters. The molecule has 1 aromatic carbocycles. The smallest absolute Gasteiger partial charge is 0.315 e. The number of rotatable bonds is 5. The highest BCUT2D eigenvalue weighted by Gasteiger charge is 2.46. The average molecular weight is 342 g/mol. The van der Waals surface area contributed by atoms with Crippen molar-refractivity contribution in [2.45, 2.75) is 50.5 Å². The van der Waals surface area contributed by atoms with Crippen molar-refractivity contribution in [1.29, 1.82) is 0 Å². The van der Waals surface area contributed by atoms with Gasteiger partial charge in [0.15, 0.2) is 11.5 Å². The molecule has 1 heterocycles. The van der Waals surface area contributed by atoms with Crippen LogP contribution >= 0.6 is 0 Å². The molecule has 2 N–H and O–H groups in total. The van der Waals surface area contributed by atoms with Crippen LogP contribution in [0.1, 0.15) is 50.5 Å². The minimum Gasteiger partial charge on any atom is -0.486 e. The lowest BCUT2D eigenvalue weighted by molar-refractivity contribution is 0.171. The second kappa shape index (κ2) is 6.98. The molecular formula is C20H26N2O3. The van der Waals surface area contributed by atoms with Gasteiger partial charge >= 0.3 is 6.03 Å². The molecule has 3 aliphatic rings. The van der Waals surface area contributed by atoms with Crippen molar-refractivity contribution in [3.05, 3.63) is 35.4 Å². The molecule has 4 rings (SSSR count). The number of urea groups is 1. The Bertz CT molecular complexity index is 680. The Morgan fingerprint density at radius 3 is 2.72 bits per heavy atom. The summed E-state index contributed by atoms with van der Waals surface area (Å²) in [6.45, 7) is 1.87. The zero-order valence-corrected chi connectivity index (χ0v) is 14.6. The summed E-state index contributed by atoms with van der Waals surface area (Å²) in [7, 11) is 0. The summed E-state index contributed by atoms with van der Waals surface area (Å²) < 4.78 is 11.2. The molecule has 2 aliphatic carbocycles. The zero-order valence-electron chi connectivity index (χ0n) is 14.6. The topological polar surface area (TPSA) is 59.6 Å². The number of nitrogens with one attached hydrogen (secondary N) is 2. The predicted molar refractivity (Wildman–Crippen MR) is 96.0 cm³/mol. The van der Waals surface area contributed by atoms with Crippen molar-refractivity contribution < 1.29 is 14.3 Å². The molecule has 2 amide bonds. The first kappa shape index (κ1) is 16.3. The second-order valence-electron chi connectivity index (χ2n) is 7.18. The van der Waals surface area contributed by atoms with E-state index in [-0.39, 0.29) is 11.6 Å². The molecule has 1 aliphatic heterocycles. The molecule has 0 aromatic heterocycles. The fourth-order valence-corrected chi connectivity index (χ4v) is 3.68. The maximum Gasteiger partial charge on any atom is 0.315 e. The molecule has 5 nitrogen and oxygen atoms in total. The number of amides is 2. The molecule has 1 fully saturated rings. The quantitative estimate of drug-likeness (QED) is 0.803. The number of hydrogen-bond donors (Lipinski definition) is 2. The van der Waals surface area contributed by atoms with Gasteiger partial charge in [0, 0.05) is 6.54 Å². The van der Waals surface area contributed by atoms with Crippen LogP contribution in [0.2, 0.25) is 0 Å². The van der Waals surface area contributed by atoms with Gasteiger partial charge in [-0.25, -0.2) is 4.79 Å². The van der Waals surface area contributed by atoms with Gasteiger partial charge in [-0.05, 0) is 62.6 Å². The first-order valence-corrected chi connectivity index (χ1v) is 9.39. The molecule has 0 unspecified atom stereocenters. The van der Waals surface area contributed by atoms with Crippen molar-refractivity contribution in [3.8, 4) is 11.5 Å². The van der Waals surface area contributed by atoms with Crippen LogP contribution in [0.25, 0.3) is 0 Å². The van der Waals surface area contributed by atoms with Crippen LogP contribution in [0.15, 0.2) is 29.8 Å². The molecule has 0 saturated heterocycles.